The zero-order valence-electron chi connectivity index (χ0n) is 11.4. The van der Waals surface area contributed by atoms with Gasteiger partial charge < -0.3 is 20.3 Å². The highest BCUT2D eigenvalue weighted by Gasteiger charge is 2.03. The van der Waals surface area contributed by atoms with Crippen LogP contribution >= 0.6 is 12.2 Å². The molecule has 0 spiro atoms. The smallest absolute Gasteiger partial charge is 0.170 e. The van der Waals surface area contributed by atoms with E-state index in [0.29, 0.717) is 18.3 Å². The van der Waals surface area contributed by atoms with Crippen LogP contribution in [0.1, 0.15) is 5.56 Å². The topological polar surface area (TPSA) is 36.5 Å². The average Bonchev–Trinajstić information content (AvgIpc) is 2.31. The van der Waals surface area contributed by atoms with Crippen molar-refractivity contribution in [3.8, 4) is 0 Å². The van der Waals surface area contributed by atoms with Crippen LogP contribution in [0, 0.1) is 6.92 Å². The fourth-order valence-electron chi connectivity index (χ4n) is 1.61. The summed E-state index contributed by atoms with van der Waals surface area (Å²) in [6.45, 7) is 3.43. The molecule has 0 fully saturated rings. The number of nitrogens with one attached hydrogen (secondary N) is 2. The van der Waals surface area contributed by atoms with Crippen molar-refractivity contribution in [2.45, 2.75) is 6.92 Å². The number of methoxy groups -OCH3 is 1. The summed E-state index contributed by atoms with van der Waals surface area (Å²) in [4.78, 5) is 2.09. The molecule has 0 aliphatic rings. The summed E-state index contributed by atoms with van der Waals surface area (Å²) in [6, 6.07) is 6.18. The Labute approximate surface area is 114 Å². The third-order valence-electron chi connectivity index (χ3n) is 2.54. The number of ether oxygens (including phenoxy) is 1. The second-order valence-electron chi connectivity index (χ2n) is 4.27. The van der Waals surface area contributed by atoms with E-state index < -0.39 is 0 Å². The fraction of sp³-hybridized carbons (Fsp3) is 0.462. The van der Waals surface area contributed by atoms with Gasteiger partial charge in [-0.3, -0.25) is 0 Å². The van der Waals surface area contributed by atoms with Crippen molar-refractivity contribution >= 4 is 28.7 Å². The van der Waals surface area contributed by atoms with Gasteiger partial charge >= 0.3 is 0 Å². The normalized spacial score (nSPS) is 10.0. The van der Waals surface area contributed by atoms with Gasteiger partial charge in [-0.05, 0) is 36.8 Å². The van der Waals surface area contributed by atoms with E-state index in [1.807, 2.05) is 20.2 Å². The molecule has 1 aromatic carbocycles. The van der Waals surface area contributed by atoms with Crippen molar-refractivity contribution in [3.05, 3.63) is 23.8 Å². The predicted octanol–water partition coefficient (Wildman–Crippen LogP) is 1.99. The molecule has 0 aromatic heterocycles. The molecular formula is C13H21N3OS. The Morgan fingerprint density at radius 3 is 2.72 bits per heavy atom. The number of thiocarbonyl (C=S) groups is 1. The summed E-state index contributed by atoms with van der Waals surface area (Å²) in [5, 5.41) is 6.85. The number of hydrogen-bond acceptors (Lipinski definition) is 3. The third-order valence-corrected chi connectivity index (χ3v) is 2.79. The first-order chi connectivity index (χ1) is 8.54. The molecule has 1 aromatic rings. The first-order valence-corrected chi connectivity index (χ1v) is 6.27. The average molecular weight is 267 g/mol. The van der Waals surface area contributed by atoms with E-state index in [1.165, 1.54) is 11.3 Å². The molecule has 0 saturated carbocycles. The molecule has 0 radical (unpaired) electrons. The summed E-state index contributed by atoms with van der Waals surface area (Å²) in [7, 11) is 5.73. The Kier molecular flexibility index (Phi) is 5.88. The maximum atomic E-state index is 5.20. The van der Waals surface area contributed by atoms with Crippen molar-refractivity contribution in [1.82, 2.24) is 5.32 Å². The van der Waals surface area contributed by atoms with E-state index in [0.717, 1.165) is 5.69 Å². The van der Waals surface area contributed by atoms with Crippen LogP contribution < -0.4 is 15.5 Å². The van der Waals surface area contributed by atoms with E-state index in [1.54, 1.807) is 7.11 Å². The van der Waals surface area contributed by atoms with Gasteiger partial charge in [0.15, 0.2) is 5.11 Å². The molecule has 5 heteroatoms. The van der Waals surface area contributed by atoms with Gasteiger partial charge in [-0.15, -0.1) is 0 Å². The van der Waals surface area contributed by atoms with E-state index in [9.17, 15) is 0 Å². The van der Waals surface area contributed by atoms with E-state index in [4.69, 9.17) is 17.0 Å². The molecule has 0 bridgehead atoms. The number of hydrogen-bond donors (Lipinski definition) is 2. The molecule has 0 amide bonds. The lowest BCUT2D eigenvalue weighted by Gasteiger charge is -2.18. The van der Waals surface area contributed by atoms with Gasteiger partial charge in [0.05, 0.1) is 6.61 Å². The number of rotatable bonds is 5. The van der Waals surface area contributed by atoms with Crippen LogP contribution in [0.3, 0.4) is 0 Å². The zero-order chi connectivity index (χ0) is 13.5. The molecule has 4 nitrogen and oxygen atoms in total. The number of nitrogens with zero attached hydrogens (tertiary/aromatic N) is 1. The summed E-state index contributed by atoms with van der Waals surface area (Å²) in [5.41, 5.74) is 3.41. The highest BCUT2D eigenvalue weighted by atomic mass is 32.1. The van der Waals surface area contributed by atoms with Gasteiger partial charge in [0.1, 0.15) is 0 Å². The van der Waals surface area contributed by atoms with Crippen LogP contribution in [-0.4, -0.2) is 39.5 Å². The molecule has 0 heterocycles. The molecule has 100 valence electrons. The summed E-state index contributed by atoms with van der Waals surface area (Å²) >= 11 is 5.20. The van der Waals surface area contributed by atoms with E-state index in [2.05, 4.69) is 34.6 Å². The van der Waals surface area contributed by atoms with Crippen LogP contribution in [0.15, 0.2) is 18.2 Å². The van der Waals surface area contributed by atoms with Crippen molar-refractivity contribution in [2.75, 3.05) is 44.6 Å². The van der Waals surface area contributed by atoms with Crippen LogP contribution in [0.25, 0.3) is 0 Å². The second kappa shape index (κ2) is 7.18. The van der Waals surface area contributed by atoms with Gasteiger partial charge in [0.25, 0.3) is 0 Å². The Balaban J connectivity index is 2.62. The first kappa shape index (κ1) is 14.7. The lowest BCUT2D eigenvalue weighted by atomic mass is 10.1. The van der Waals surface area contributed by atoms with Crippen LogP contribution in [0.5, 0.6) is 0 Å². The number of benzene rings is 1. The quantitative estimate of drug-likeness (QED) is 0.630. The predicted molar refractivity (Wildman–Crippen MR) is 81.6 cm³/mol. The van der Waals surface area contributed by atoms with Crippen LogP contribution in [0.4, 0.5) is 11.4 Å². The van der Waals surface area contributed by atoms with Crippen molar-refractivity contribution < 1.29 is 4.74 Å². The fourth-order valence-corrected chi connectivity index (χ4v) is 1.83. The van der Waals surface area contributed by atoms with Crippen molar-refractivity contribution in [1.29, 1.82) is 0 Å². The highest BCUT2D eigenvalue weighted by Crippen LogP contribution is 2.22. The Morgan fingerprint density at radius 2 is 2.11 bits per heavy atom. The number of aryl methyl sites for hydroxylation is 1. The molecule has 2 N–H and O–H groups in total. The van der Waals surface area contributed by atoms with Gasteiger partial charge in [-0.2, -0.15) is 0 Å². The maximum Gasteiger partial charge on any atom is 0.170 e. The Bertz CT molecular complexity index is 407. The highest BCUT2D eigenvalue weighted by molar-refractivity contribution is 7.80. The van der Waals surface area contributed by atoms with Gasteiger partial charge in [0, 0.05) is 39.1 Å². The molecule has 0 atom stereocenters. The summed E-state index contributed by atoms with van der Waals surface area (Å²) in [6.07, 6.45) is 0. The minimum absolute atomic E-state index is 0.612. The van der Waals surface area contributed by atoms with Gasteiger partial charge in [-0.1, -0.05) is 6.07 Å². The number of anilines is 2. The first-order valence-electron chi connectivity index (χ1n) is 5.86. The van der Waals surface area contributed by atoms with Gasteiger partial charge in [0.2, 0.25) is 0 Å². The molecule has 18 heavy (non-hydrogen) atoms. The lowest BCUT2D eigenvalue weighted by molar-refractivity contribution is 0.204. The Hall–Kier alpha value is -1.33. The molecule has 0 aliphatic carbocycles. The molecular weight excluding hydrogens is 246 g/mol. The maximum absolute atomic E-state index is 5.20. The summed E-state index contributed by atoms with van der Waals surface area (Å²) in [5.74, 6) is 0. The minimum Gasteiger partial charge on any atom is -0.383 e. The summed E-state index contributed by atoms with van der Waals surface area (Å²) < 4.78 is 4.95. The van der Waals surface area contributed by atoms with Crippen LogP contribution in [-0.2, 0) is 4.74 Å². The molecule has 0 unspecified atom stereocenters. The van der Waals surface area contributed by atoms with E-state index in [-0.39, 0.29) is 0 Å². The molecule has 0 saturated heterocycles. The lowest BCUT2D eigenvalue weighted by Crippen LogP contribution is -2.31. The third kappa shape index (κ3) is 4.50. The largest absolute Gasteiger partial charge is 0.383 e. The molecule has 0 aliphatic heterocycles. The minimum atomic E-state index is 0.612. The zero-order valence-corrected chi connectivity index (χ0v) is 12.2. The SMILES string of the molecule is COCCNC(=S)Nc1ccc(C)c(N(C)C)c1. The van der Waals surface area contributed by atoms with E-state index >= 15 is 0 Å². The van der Waals surface area contributed by atoms with Crippen molar-refractivity contribution in [2.24, 2.45) is 0 Å². The monoisotopic (exact) mass is 267 g/mol. The Morgan fingerprint density at radius 1 is 1.39 bits per heavy atom. The second-order valence-corrected chi connectivity index (χ2v) is 4.68. The molecule has 1 rings (SSSR count). The standard InChI is InChI=1S/C13H21N3OS/c1-10-5-6-11(9-12(10)16(2)3)15-13(18)14-7-8-17-4/h5-6,9H,7-8H2,1-4H3,(H2,14,15,18). The van der Waals surface area contributed by atoms with Crippen LogP contribution in [0.2, 0.25) is 0 Å². The van der Waals surface area contributed by atoms with Crippen molar-refractivity contribution in [3.63, 3.8) is 0 Å². The van der Waals surface area contributed by atoms with Gasteiger partial charge in [-0.25, -0.2) is 0 Å².